The van der Waals surface area contributed by atoms with Crippen molar-refractivity contribution in [1.29, 1.82) is 0 Å². The molecule has 0 aliphatic rings. The Hall–Kier alpha value is -1.90. The number of carbonyl (C=O) groups is 1. The second-order valence-corrected chi connectivity index (χ2v) is 3.14. The molecule has 0 N–H and O–H groups in total. The normalized spacial score (nSPS) is 10.3. The minimum atomic E-state index is -1.47. The van der Waals surface area contributed by atoms with Crippen LogP contribution in [0.4, 0.5) is 4.39 Å². The van der Waals surface area contributed by atoms with Gasteiger partial charge in [-0.1, -0.05) is 30.3 Å². The van der Waals surface area contributed by atoms with Crippen molar-refractivity contribution in [2.45, 2.75) is 0 Å². The summed E-state index contributed by atoms with van der Waals surface area (Å²) in [6, 6.07) is 9.03. The Kier molecular flexibility index (Phi) is 2.37. The zero-order valence-electron chi connectivity index (χ0n) is 8.16. The number of methoxy groups -OCH3 is 1. The Morgan fingerprint density at radius 2 is 1.93 bits per heavy atom. The summed E-state index contributed by atoms with van der Waals surface area (Å²) >= 11 is 0. The highest BCUT2D eigenvalue weighted by Gasteiger charge is 2.14. The van der Waals surface area contributed by atoms with E-state index in [9.17, 15) is 9.18 Å². The van der Waals surface area contributed by atoms with E-state index in [4.69, 9.17) is 4.74 Å². The predicted octanol–water partition coefficient (Wildman–Crippen LogP) is 2.96. The van der Waals surface area contributed by atoms with E-state index in [1.54, 1.807) is 24.3 Å². The molecule has 0 spiro atoms. The lowest BCUT2D eigenvalue weighted by atomic mass is 10.0. The van der Waals surface area contributed by atoms with Crippen LogP contribution in [-0.4, -0.2) is 13.1 Å². The molecule has 0 unspecified atom stereocenters. The predicted molar refractivity (Wildman–Crippen MR) is 55.9 cm³/mol. The number of fused-ring (bicyclic) bond motifs is 1. The molecule has 0 radical (unpaired) electrons. The first-order chi connectivity index (χ1) is 7.24. The van der Waals surface area contributed by atoms with Gasteiger partial charge < -0.3 is 4.74 Å². The molecule has 15 heavy (non-hydrogen) atoms. The third-order valence-corrected chi connectivity index (χ3v) is 2.31. The molecular formula is C12H9FO2. The molecule has 0 aliphatic heterocycles. The Balaban J connectivity index is 2.85. The Morgan fingerprint density at radius 3 is 2.60 bits per heavy atom. The number of hydrogen-bond acceptors (Lipinski definition) is 2. The number of ether oxygens (including phenoxy) is 1. The standard InChI is InChI=1S/C12H9FO2/c1-15-10-7-6-8-4-2-3-5-9(8)11(10)12(13)14/h2-7H,1H3. The average Bonchev–Trinajstić information content (AvgIpc) is 2.27. The van der Waals surface area contributed by atoms with Gasteiger partial charge in [-0.05, 0) is 16.8 Å². The van der Waals surface area contributed by atoms with E-state index >= 15 is 0 Å². The summed E-state index contributed by atoms with van der Waals surface area (Å²) < 4.78 is 17.8. The lowest BCUT2D eigenvalue weighted by Gasteiger charge is -2.07. The molecule has 0 bridgehead atoms. The maximum absolute atomic E-state index is 12.9. The van der Waals surface area contributed by atoms with E-state index in [2.05, 4.69) is 0 Å². The fraction of sp³-hybridized carbons (Fsp3) is 0.0833. The molecule has 0 heterocycles. The monoisotopic (exact) mass is 204 g/mol. The maximum Gasteiger partial charge on any atom is 0.336 e. The maximum atomic E-state index is 12.9. The minimum Gasteiger partial charge on any atom is -0.496 e. The van der Waals surface area contributed by atoms with Crippen molar-refractivity contribution in [3.05, 3.63) is 42.0 Å². The molecule has 0 atom stereocenters. The third-order valence-electron chi connectivity index (χ3n) is 2.31. The highest BCUT2D eigenvalue weighted by Crippen LogP contribution is 2.28. The van der Waals surface area contributed by atoms with Crippen LogP contribution in [0.3, 0.4) is 0 Å². The van der Waals surface area contributed by atoms with Crippen LogP contribution in [-0.2, 0) is 0 Å². The van der Waals surface area contributed by atoms with E-state index in [0.717, 1.165) is 5.39 Å². The number of halogens is 1. The van der Waals surface area contributed by atoms with Crippen molar-refractivity contribution in [2.24, 2.45) is 0 Å². The van der Waals surface area contributed by atoms with Crippen LogP contribution in [0.25, 0.3) is 10.8 Å². The van der Waals surface area contributed by atoms with E-state index in [1.807, 2.05) is 12.1 Å². The quantitative estimate of drug-likeness (QED) is 0.703. The van der Waals surface area contributed by atoms with Gasteiger partial charge in [-0.15, -0.1) is 0 Å². The van der Waals surface area contributed by atoms with Crippen molar-refractivity contribution in [2.75, 3.05) is 7.11 Å². The molecule has 3 heteroatoms. The molecule has 0 fully saturated rings. The molecule has 0 saturated heterocycles. The lowest BCUT2D eigenvalue weighted by Crippen LogP contribution is -1.97. The second kappa shape index (κ2) is 3.69. The van der Waals surface area contributed by atoms with E-state index in [0.29, 0.717) is 5.39 Å². The second-order valence-electron chi connectivity index (χ2n) is 3.14. The van der Waals surface area contributed by atoms with Gasteiger partial charge >= 0.3 is 6.04 Å². The van der Waals surface area contributed by atoms with Crippen molar-refractivity contribution in [3.8, 4) is 5.75 Å². The molecule has 0 amide bonds. The Bertz CT molecular complexity index is 520. The zero-order valence-corrected chi connectivity index (χ0v) is 8.16. The smallest absolute Gasteiger partial charge is 0.336 e. The molecule has 0 aromatic heterocycles. The molecule has 76 valence electrons. The van der Waals surface area contributed by atoms with Crippen molar-refractivity contribution >= 4 is 16.8 Å². The Labute approximate surface area is 86.3 Å². The molecule has 2 aromatic rings. The number of benzene rings is 2. The summed E-state index contributed by atoms with van der Waals surface area (Å²) in [6.45, 7) is 0. The van der Waals surface area contributed by atoms with Crippen molar-refractivity contribution < 1.29 is 13.9 Å². The summed E-state index contributed by atoms with van der Waals surface area (Å²) in [5.74, 6) is 0.265. The van der Waals surface area contributed by atoms with Crippen molar-refractivity contribution in [1.82, 2.24) is 0 Å². The number of carbonyl (C=O) groups excluding carboxylic acids is 1. The van der Waals surface area contributed by atoms with Gasteiger partial charge in [-0.2, -0.15) is 4.39 Å². The van der Waals surface area contributed by atoms with Crippen LogP contribution in [0.1, 0.15) is 10.4 Å². The molecule has 0 aliphatic carbocycles. The minimum absolute atomic E-state index is 0.00407. The van der Waals surface area contributed by atoms with Gasteiger partial charge in [0.1, 0.15) is 11.3 Å². The molecular weight excluding hydrogens is 195 g/mol. The summed E-state index contributed by atoms with van der Waals surface area (Å²) in [5.41, 5.74) is -0.00407. The van der Waals surface area contributed by atoms with Gasteiger partial charge in [-0.25, -0.2) is 0 Å². The van der Waals surface area contributed by atoms with Crippen molar-refractivity contribution in [3.63, 3.8) is 0 Å². The fourth-order valence-electron chi connectivity index (χ4n) is 1.62. The van der Waals surface area contributed by atoms with E-state index < -0.39 is 6.04 Å². The first-order valence-electron chi connectivity index (χ1n) is 4.49. The van der Waals surface area contributed by atoms with Crippen LogP contribution < -0.4 is 4.74 Å². The molecule has 2 rings (SSSR count). The average molecular weight is 204 g/mol. The number of rotatable bonds is 2. The Morgan fingerprint density at radius 1 is 1.20 bits per heavy atom. The van der Waals surface area contributed by atoms with Crippen LogP contribution in [0.2, 0.25) is 0 Å². The van der Waals surface area contributed by atoms with Crippen LogP contribution in [0.15, 0.2) is 36.4 Å². The van der Waals surface area contributed by atoms with Gasteiger partial charge in [-0.3, -0.25) is 4.79 Å². The summed E-state index contributed by atoms with van der Waals surface area (Å²) in [7, 11) is 1.41. The molecule has 2 aromatic carbocycles. The summed E-state index contributed by atoms with van der Waals surface area (Å²) in [5, 5.41) is 1.39. The zero-order chi connectivity index (χ0) is 10.8. The highest BCUT2D eigenvalue weighted by atomic mass is 19.1. The largest absolute Gasteiger partial charge is 0.496 e. The van der Waals surface area contributed by atoms with Gasteiger partial charge in [0.15, 0.2) is 0 Å². The van der Waals surface area contributed by atoms with Crippen LogP contribution >= 0.6 is 0 Å². The highest BCUT2D eigenvalue weighted by molar-refractivity contribution is 6.06. The van der Waals surface area contributed by atoms with Gasteiger partial charge in [0.25, 0.3) is 0 Å². The SMILES string of the molecule is COc1ccc2ccccc2c1C(=O)F. The first-order valence-corrected chi connectivity index (χ1v) is 4.49. The van der Waals surface area contributed by atoms with Gasteiger partial charge in [0.05, 0.1) is 7.11 Å². The van der Waals surface area contributed by atoms with E-state index in [1.165, 1.54) is 7.11 Å². The third kappa shape index (κ3) is 1.56. The summed E-state index contributed by atoms with van der Waals surface area (Å²) in [4.78, 5) is 10.9. The first kappa shape index (κ1) is 9.65. The summed E-state index contributed by atoms with van der Waals surface area (Å²) in [6.07, 6.45) is 0. The fourth-order valence-corrected chi connectivity index (χ4v) is 1.62. The molecule has 0 saturated carbocycles. The van der Waals surface area contributed by atoms with Crippen LogP contribution in [0, 0.1) is 0 Å². The lowest BCUT2D eigenvalue weighted by molar-refractivity contribution is 0.0834. The van der Waals surface area contributed by atoms with Crippen LogP contribution in [0.5, 0.6) is 5.75 Å². The van der Waals surface area contributed by atoms with Gasteiger partial charge in [0, 0.05) is 0 Å². The van der Waals surface area contributed by atoms with E-state index in [-0.39, 0.29) is 11.3 Å². The molecule has 2 nitrogen and oxygen atoms in total. The topological polar surface area (TPSA) is 26.3 Å². The van der Waals surface area contributed by atoms with Gasteiger partial charge in [0.2, 0.25) is 0 Å². The number of hydrogen-bond donors (Lipinski definition) is 0.